The van der Waals surface area contributed by atoms with Crippen molar-refractivity contribution in [1.29, 1.82) is 0 Å². The van der Waals surface area contributed by atoms with Gasteiger partial charge in [-0.15, -0.1) is 0 Å². The number of nitrogens with zero attached hydrogens (tertiary/aromatic N) is 1. The summed E-state index contributed by atoms with van der Waals surface area (Å²) in [5.74, 6) is 0.675. The summed E-state index contributed by atoms with van der Waals surface area (Å²) < 4.78 is 60.7. The maximum Gasteiger partial charge on any atom is 0.501 e. The minimum Gasteiger partial charge on any atom is -0.507 e. The van der Waals surface area contributed by atoms with Gasteiger partial charge in [0.15, 0.2) is 0 Å². The summed E-state index contributed by atoms with van der Waals surface area (Å²) in [4.78, 5) is 6.74. The monoisotopic (exact) mass is 444 g/mol. The maximum absolute atomic E-state index is 12.6. The summed E-state index contributed by atoms with van der Waals surface area (Å²) in [7, 11) is -5.37. The van der Waals surface area contributed by atoms with Crippen LogP contribution in [0.4, 0.5) is 13.2 Å². The minimum absolute atomic E-state index is 0.164. The molecule has 4 aromatic rings. The lowest BCUT2D eigenvalue weighted by Gasteiger charge is -2.07. The van der Waals surface area contributed by atoms with Crippen LogP contribution in [0.3, 0.4) is 0 Å². The molecule has 31 heavy (non-hydrogen) atoms. The van der Waals surface area contributed by atoms with E-state index in [4.69, 9.17) is 0 Å². The average Bonchev–Trinajstić information content (AvgIpc) is 3.14. The van der Waals surface area contributed by atoms with Crippen molar-refractivity contribution in [1.82, 2.24) is 9.97 Å². The molecule has 2 N–H and O–H groups in total. The molecule has 5 nitrogen and oxygen atoms in total. The van der Waals surface area contributed by atoms with Crippen LogP contribution in [0, 0.1) is 0 Å². The molecule has 0 spiro atoms. The second-order valence-corrected chi connectivity index (χ2v) is 8.66. The van der Waals surface area contributed by atoms with Crippen LogP contribution in [0.5, 0.6) is 5.75 Å². The zero-order valence-corrected chi connectivity index (χ0v) is 16.6. The number of hydrogen-bond acceptors (Lipinski definition) is 4. The number of sulfone groups is 1. The van der Waals surface area contributed by atoms with Gasteiger partial charge in [0.25, 0.3) is 9.84 Å². The van der Waals surface area contributed by atoms with E-state index in [0.717, 1.165) is 23.2 Å². The zero-order chi connectivity index (χ0) is 22.2. The predicted octanol–water partition coefficient (Wildman–Crippen LogP) is 5.40. The van der Waals surface area contributed by atoms with Crippen LogP contribution < -0.4 is 0 Å². The number of phenolic OH excluding ortho intramolecular Hbond substituents is 1. The Balaban J connectivity index is 1.58. The molecule has 0 saturated carbocycles. The van der Waals surface area contributed by atoms with Gasteiger partial charge in [0.2, 0.25) is 0 Å². The highest BCUT2D eigenvalue weighted by Crippen LogP contribution is 2.31. The highest BCUT2D eigenvalue weighted by atomic mass is 32.2. The smallest absolute Gasteiger partial charge is 0.501 e. The summed E-state index contributed by atoms with van der Waals surface area (Å²) in [6.45, 7) is 0. The molecule has 0 saturated heterocycles. The van der Waals surface area contributed by atoms with Crippen LogP contribution in [0.1, 0.15) is 11.4 Å². The normalized spacial score (nSPS) is 12.6. The molecule has 158 valence electrons. The van der Waals surface area contributed by atoms with Gasteiger partial charge in [-0.2, -0.15) is 13.2 Å². The Morgan fingerprint density at radius 2 is 1.65 bits per heavy atom. The van der Waals surface area contributed by atoms with E-state index in [9.17, 15) is 26.7 Å². The number of nitrogens with one attached hydrogen (secondary N) is 1. The molecule has 9 heteroatoms. The third-order valence-electron chi connectivity index (χ3n) is 4.64. The van der Waals surface area contributed by atoms with E-state index in [0.29, 0.717) is 22.5 Å². The van der Waals surface area contributed by atoms with Gasteiger partial charge in [-0.3, -0.25) is 0 Å². The molecule has 0 fully saturated rings. The van der Waals surface area contributed by atoms with E-state index in [2.05, 4.69) is 9.97 Å². The SMILES string of the molecule is O=S(=O)(c1ccc(C=Cc2nc3ccc(-c4ccccc4O)cc3[nH]2)cc1)C(F)(F)F. The number of fused-ring (bicyclic) bond motifs is 1. The van der Waals surface area contributed by atoms with Crippen molar-refractivity contribution < 1.29 is 26.7 Å². The molecule has 0 aliphatic carbocycles. The van der Waals surface area contributed by atoms with Gasteiger partial charge < -0.3 is 10.1 Å². The highest BCUT2D eigenvalue weighted by Gasteiger charge is 2.46. The number of alkyl halides is 3. The second kappa shape index (κ2) is 7.59. The first-order valence-corrected chi connectivity index (χ1v) is 10.5. The van der Waals surface area contributed by atoms with Crippen molar-refractivity contribution >= 4 is 33.0 Å². The first-order valence-electron chi connectivity index (χ1n) is 9.03. The molecule has 1 aromatic heterocycles. The van der Waals surface area contributed by atoms with Crippen molar-refractivity contribution in [2.75, 3.05) is 0 Å². The van der Waals surface area contributed by atoms with Gasteiger partial charge in [0.05, 0.1) is 15.9 Å². The molecule has 0 aliphatic rings. The lowest BCUT2D eigenvalue weighted by Crippen LogP contribution is -2.23. The van der Waals surface area contributed by atoms with Gasteiger partial charge in [0, 0.05) is 5.56 Å². The number of hydrogen-bond donors (Lipinski definition) is 2. The molecule has 3 aromatic carbocycles. The fraction of sp³-hybridized carbons (Fsp3) is 0.0455. The average molecular weight is 444 g/mol. The maximum atomic E-state index is 12.6. The summed E-state index contributed by atoms with van der Waals surface area (Å²) in [6.07, 6.45) is 3.23. The number of rotatable bonds is 4. The molecule has 0 atom stereocenters. The van der Waals surface area contributed by atoms with Crippen LogP contribution in [0.25, 0.3) is 34.3 Å². The van der Waals surface area contributed by atoms with Gasteiger partial charge >= 0.3 is 5.51 Å². The lowest BCUT2D eigenvalue weighted by atomic mass is 10.0. The summed E-state index contributed by atoms with van der Waals surface area (Å²) in [5, 5.41) is 10.0. The largest absolute Gasteiger partial charge is 0.507 e. The molecule has 1 heterocycles. The van der Waals surface area contributed by atoms with E-state index in [1.54, 1.807) is 30.4 Å². The van der Waals surface area contributed by atoms with E-state index >= 15 is 0 Å². The molecular formula is C22H15F3N2O3S. The van der Waals surface area contributed by atoms with E-state index in [-0.39, 0.29) is 5.75 Å². The number of phenols is 1. The number of aromatic amines is 1. The third kappa shape index (κ3) is 4.04. The first-order chi connectivity index (χ1) is 14.6. The van der Waals surface area contributed by atoms with Crippen LogP contribution in [0.2, 0.25) is 0 Å². The summed E-state index contributed by atoms with van der Waals surface area (Å²) in [5.41, 5.74) is -1.89. The lowest BCUT2D eigenvalue weighted by molar-refractivity contribution is -0.0436. The fourth-order valence-electron chi connectivity index (χ4n) is 3.06. The van der Waals surface area contributed by atoms with E-state index < -0.39 is 20.2 Å². The second-order valence-electron chi connectivity index (χ2n) is 6.72. The Morgan fingerprint density at radius 1 is 0.935 bits per heavy atom. The van der Waals surface area contributed by atoms with Crippen molar-refractivity contribution in [3.63, 3.8) is 0 Å². The summed E-state index contributed by atoms with van der Waals surface area (Å²) >= 11 is 0. The van der Waals surface area contributed by atoms with Crippen molar-refractivity contribution in [2.45, 2.75) is 10.4 Å². The topological polar surface area (TPSA) is 83.1 Å². The minimum atomic E-state index is -5.37. The van der Waals surface area contributed by atoms with Gasteiger partial charge in [-0.25, -0.2) is 13.4 Å². The van der Waals surface area contributed by atoms with E-state index in [1.807, 2.05) is 24.3 Å². The van der Waals surface area contributed by atoms with Crippen molar-refractivity contribution in [3.8, 4) is 16.9 Å². The van der Waals surface area contributed by atoms with Gasteiger partial charge in [-0.05, 0) is 47.5 Å². The van der Waals surface area contributed by atoms with Crippen molar-refractivity contribution in [2.24, 2.45) is 0 Å². The number of aromatic hydroxyl groups is 1. The Bertz CT molecular complexity index is 1390. The number of imidazole rings is 1. The first kappa shape index (κ1) is 20.7. The predicted molar refractivity (Wildman–Crippen MR) is 112 cm³/mol. The number of H-pyrrole nitrogens is 1. The Labute approximate surface area is 175 Å². The van der Waals surface area contributed by atoms with Gasteiger partial charge in [0.1, 0.15) is 11.6 Å². The number of aromatic nitrogens is 2. The molecule has 0 bridgehead atoms. The van der Waals surface area contributed by atoms with Crippen LogP contribution in [0.15, 0.2) is 71.6 Å². The number of benzene rings is 3. The van der Waals surface area contributed by atoms with Gasteiger partial charge in [-0.1, -0.05) is 42.5 Å². The van der Waals surface area contributed by atoms with E-state index in [1.165, 1.54) is 12.1 Å². The molecular weight excluding hydrogens is 429 g/mol. The number of para-hydroxylation sites is 1. The fourth-order valence-corrected chi connectivity index (χ4v) is 3.82. The van der Waals surface area contributed by atoms with Crippen LogP contribution >= 0.6 is 0 Å². The highest BCUT2D eigenvalue weighted by molar-refractivity contribution is 7.92. The Hall–Kier alpha value is -3.59. The molecule has 0 amide bonds. The Morgan fingerprint density at radius 3 is 2.32 bits per heavy atom. The summed E-state index contributed by atoms with van der Waals surface area (Å²) in [6, 6.07) is 16.9. The molecule has 0 unspecified atom stereocenters. The molecule has 0 aliphatic heterocycles. The van der Waals surface area contributed by atoms with Crippen LogP contribution in [-0.4, -0.2) is 29.0 Å². The van der Waals surface area contributed by atoms with Crippen LogP contribution in [-0.2, 0) is 9.84 Å². The zero-order valence-electron chi connectivity index (χ0n) is 15.8. The quantitative estimate of drug-likeness (QED) is 0.442. The molecule has 4 rings (SSSR count). The van der Waals surface area contributed by atoms with Crippen molar-refractivity contribution in [3.05, 3.63) is 78.1 Å². The molecule has 0 radical (unpaired) electrons. The Kier molecular flexibility index (Phi) is 5.06. The third-order valence-corrected chi connectivity index (χ3v) is 6.15. The standard InChI is InChI=1S/C22H15F3N2O3S/c23-22(24,25)31(29,30)16-9-5-14(6-10-16)7-12-21-26-18-11-8-15(13-19(18)27-21)17-3-1-2-4-20(17)28/h1-13,28H,(H,26,27). The number of halogens is 3.